The van der Waals surface area contributed by atoms with Crippen molar-refractivity contribution in [2.45, 2.75) is 57.1 Å². The van der Waals surface area contributed by atoms with E-state index in [1.54, 1.807) is 7.05 Å². The standard InChI is InChI=1S/C21H31FN4O2/c1-20(2,3)28-19(27)25-17-9-12-26(13-17)18(23-4)24-14-21(10-11-21)15-5-7-16(22)8-6-15/h5-8,17H,9-14H2,1-4H3,(H,23,24)(H,25,27). The molecule has 0 bridgehead atoms. The van der Waals surface area contributed by atoms with Crippen molar-refractivity contribution in [3.05, 3.63) is 35.6 Å². The van der Waals surface area contributed by atoms with Gasteiger partial charge in [0.1, 0.15) is 11.4 Å². The predicted molar refractivity (Wildman–Crippen MR) is 108 cm³/mol. The molecule has 2 aliphatic rings. The number of aliphatic imine (C=N–C) groups is 1. The molecule has 1 aromatic carbocycles. The molecule has 0 aromatic heterocycles. The van der Waals surface area contributed by atoms with Crippen molar-refractivity contribution >= 4 is 12.1 Å². The number of nitrogens with zero attached hydrogens (tertiary/aromatic N) is 2. The minimum Gasteiger partial charge on any atom is -0.444 e. The molecule has 0 spiro atoms. The van der Waals surface area contributed by atoms with Crippen LogP contribution in [0.2, 0.25) is 0 Å². The van der Waals surface area contributed by atoms with Crippen molar-refractivity contribution in [1.29, 1.82) is 0 Å². The Morgan fingerprint density at radius 3 is 2.57 bits per heavy atom. The lowest BCUT2D eigenvalue weighted by atomic mass is 9.96. The number of benzene rings is 1. The molecule has 1 aliphatic heterocycles. The fourth-order valence-corrected chi connectivity index (χ4v) is 3.65. The minimum atomic E-state index is -0.501. The summed E-state index contributed by atoms with van der Waals surface area (Å²) < 4.78 is 18.5. The molecule has 1 heterocycles. The molecule has 1 aromatic rings. The summed E-state index contributed by atoms with van der Waals surface area (Å²) in [5.74, 6) is 0.630. The maximum Gasteiger partial charge on any atom is 0.407 e. The Balaban J connectivity index is 1.51. The van der Waals surface area contributed by atoms with E-state index >= 15 is 0 Å². The van der Waals surface area contributed by atoms with Crippen molar-refractivity contribution in [2.75, 3.05) is 26.7 Å². The molecule has 6 nitrogen and oxygen atoms in total. The van der Waals surface area contributed by atoms with E-state index in [0.29, 0.717) is 6.54 Å². The van der Waals surface area contributed by atoms with E-state index in [0.717, 1.165) is 38.3 Å². The van der Waals surface area contributed by atoms with Crippen molar-refractivity contribution in [3.63, 3.8) is 0 Å². The van der Waals surface area contributed by atoms with Crippen LogP contribution in [-0.4, -0.2) is 55.3 Å². The van der Waals surface area contributed by atoms with Crippen LogP contribution >= 0.6 is 0 Å². The lowest BCUT2D eigenvalue weighted by Gasteiger charge is -2.25. The summed E-state index contributed by atoms with van der Waals surface area (Å²) in [4.78, 5) is 18.5. The summed E-state index contributed by atoms with van der Waals surface area (Å²) in [6, 6.07) is 6.85. The van der Waals surface area contributed by atoms with Gasteiger partial charge in [-0.25, -0.2) is 9.18 Å². The molecule has 7 heteroatoms. The second kappa shape index (κ2) is 7.97. The zero-order chi connectivity index (χ0) is 20.4. The second-order valence-electron chi connectivity index (χ2n) is 8.77. The lowest BCUT2D eigenvalue weighted by molar-refractivity contribution is 0.0507. The van der Waals surface area contributed by atoms with Crippen LogP contribution in [0.4, 0.5) is 9.18 Å². The van der Waals surface area contributed by atoms with E-state index in [4.69, 9.17) is 4.74 Å². The Kier molecular flexibility index (Phi) is 5.82. The maximum atomic E-state index is 13.2. The number of likely N-dealkylation sites (tertiary alicyclic amines) is 1. The Morgan fingerprint density at radius 2 is 2.00 bits per heavy atom. The Labute approximate surface area is 166 Å². The summed E-state index contributed by atoms with van der Waals surface area (Å²) in [7, 11) is 1.77. The molecule has 1 unspecified atom stereocenters. The summed E-state index contributed by atoms with van der Waals surface area (Å²) in [6.45, 7) is 7.86. The highest BCUT2D eigenvalue weighted by Gasteiger charge is 2.44. The number of alkyl carbamates (subject to hydrolysis) is 1. The van der Waals surface area contributed by atoms with Gasteiger partial charge in [-0.2, -0.15) is 0 Å². The van der Waals surface area contributed by atoms with Gasteiger partial charge in [-0.15, -0.1) is 0 Å². The van der Waals surface area contributed by atoms with E-state index in [1.165, 1.54) is 17.7 Å². The molecule has 154 valence electrons. The zero-order valence-corrected chi connectivity index (χ0v) is 17.2. The van der Waals surface area contributed by atoms with E-state index in [-0.39, 0.29) is 23.4 Å². The number of ether oxygens (including phenoxy) is 1. The summed E-state index contributed by atoms with van der Waals surface area (Å²) in [5.41, 5.74) is 0.735. The number of rotatable bonds is 4. The molecule has 1 saturated heterocycles. The molecular weight excluding hydrogens is 359 g/mol. The lowest BCUT2D eigenvalue weighted by Crippen LogP contribution is -2.45. The van der Waals surface area contributed by atoms with E-state index in [1.807, 2.05) is 32.9 Å². The quantitative estimate of drug-likeness (QED) is 0.613. The van der Waals surface area contributed by atoms with Gasteiger partial charge in [0.25, 0.3) is 0 Å². The molecular formula is C21H31FN4O2. The molecule has 1 aliphatic carbocycles. The van der Waals surface area contributed by atoms with Crippen LogP contribution in [-0.2, 0) is 10.2 Å². The van der Waals surface area contributed by atoms with E-state index in [2.05, 4.69) is 20.5 Å². The number of nitrogens with one attached hydrogen (secondary N) is 2. The Morgan fingerprint density at radius 1 is 1.32 bits per heavy atom. The van der Waals surface area contributed by atoms with Crippen LogP contribution in [0.1, 0.15) is 45.6 Å². The molecule has 28 heavy (non-hydrogen) atoms. The van der Waals surface area contributed by atoms with Crippen molar-refractivity contribution in [3.8, 4) is 0 Å². The van der Waals surface area contributed by atoms with Gasteiger partial charge in [-0.3, -0.25) is 4.99 Å². The van der Waals surface area contributed by atoms with Crippen molar-refractivity contribution in [1.82, 2.24) is 15.5 Å². The van der Waals surface area contributed by atoms with Gasteiger partial charge in [0.15, 0.2) is 5.96 Å². The number of hydrogen-bond donors (Lipinski definition) is 2. The third-order valence-corrected chi connectivity index (χ3v) is 5.32. The van der Waals surface area contributed by atoms with Gasteiger partial charge < -0.3 is 20.3 Å². The molecule has 2 fully saturated rings. The third kappa shape index (κ3) is 5.14. The maximum absolute atomic E-state index is 13.2. The normalized spacial score (nSPS) is 21.4. The summed E-state index contributed by atoms with van der Waals surface area (Å²) in [5, 5.41) is 6.42. The topological polar surface area (TPSA) is 66.0 Å². The predicted octanol–water partition coefficient (Wildman–Crippen LogP) is 3.03. The van der Waals surface area contributed by atoms with Gasteiger partial charge in [0.2, 0.25) is 0 Å². The Hall–Kier alpha value is -2.31. The molecule has 3 rings (SSSR count). The van der Waals surface area contributed by atoms with Crippen LogP contribution in [0.5, 0.6) is 0 Å². The van der Waals surface area contributed by atoms with Gasteiger partial charge in [0, 0.05) is 32.1 Å². The summed E-state index contributed by atoms with van der Waals surface area (Å²) >= 11 is 0. The van der Waals surface area contributed by atoms with Gasteiger partial charge in [-0.05, 0) is 57.7 Å². The number of hydrogen-bond acceptors (Lipinski definition) is 3. The number of guanidine groups is 1. The van der Waals surface area contributed by atoms with Gasteiger partial charge in [-0.1, -0.05) is 12.1 Å². The van der Waals surface area contributed by atoms with Crippen molar-refractivity contribution in [2.24, 2.45) is 4.99 Å². The van der Waals surface area contributed by atoms with Crippen LogP contribution < -0.4 is 10.6 Å². The van der Waals surface area contributed by atoms with Gasteiger partial charge in [0.05, 0.1) is 6.04 Å². The number of carbonyl (C=O) groups is 1. The zero-order valence-electron chi connectivity index (χ0n) is 17.2. The van der Waals surface area contributed by atoms with Gasteiger partial charge >= 0.3 is 6.09 Å². The number of amides is 1. The van der Waals surface area contributed by atoms with Crippen LogP contribution in [0, 0.1) is 5.82 Å². The minimum absolute atomic E-state index is 0.0420. The first kappa shape index (κ1) is 20.4. The monoisotopic (exact) mass is 390 g/mol. The van der Waals surface area contributed by atoms with Crippen LogP contribution in [0.15, 0.2) is 29.3 Å². The highest BCUT2D eigenvalue weighted by Crippen LogP contribution is 2.47. The van der Waals surface area contributed by atoms with Crippen molar-refractivity contribution < 1.29 is 13.9 Å². The first-order valence-electron chi connectivity index (χ1n) is 9.92. The fourth-order valence-electron chi connectivity index (χ4n) is 3.65. The largest absolute Gasteiger partial charge is 0.444 e. The molecule has 1 saturated carbocycles. The van der Waals surface area contributed by atoms with E-state index in [9.17, 15) is 9.18 Å². The second-order valence-corrected chi connectivity index (χ2v) is 8.77. The average molecular weight is 391 g/mol. The van der Waals surface area contributed by atoms with Crippen LogP contribution in [0.25, 0.3) is 0 Å². The highest BCUT2D eigenvalue weighted by molar-refractivity contribution is 5.80. The first-order valence-corrected chi connectivity index (χ1v) is 9.92. The molecule has 1 atom stereocenters. The highest BCUT2D eigenvalue weighted by atomic mass is 19.1. The smallest absolute Gasteiger partial charge is 0.407 e. The first-order chi connectivity index (χ1) is 13.2. The molecule has 1 amide bonds. The molecule has 2 N–H and O–H groups in total. The van der Waals surface area contributed by atoms with Crippen LogP contribution in [0.3, 0.4) is 0 Å². The third-order valence-electron chi connectivity index (χ3n) is 5.32. The van der Waals surface area contributed by atoms with E-state index < -0.39 is 5.60 Å². The number of carbonyl (C=O) groups excluding carboxylic acids is 1. The average Bonchev–Trinajstić information content (AvgIpc) is 3.26. The SMILES string of the molecule is CN=C(NCC1(c2ccc(F)cc2)CC1)N1CCC(NC(=O)OC(C)(C)C)C1. The Bertz CT molecular complexity index is 723. The fraction of sp³-hybridized carbons (Fsp3) is 0.619. The molecule has 0 radical (unpaired) electrons. The number of halogens is 1. The summed E-state index contributed by atoms with van der Waals surface area (Å²) in [6.07, 6.45) is 2.65.